The summed E-state index contributed by atoms with van der Waals surface area (Å²) < 4.78 is 0. The van der Waals surface area contributed by atoms with E-state index in [0.717, 1.165) is 58.5 Å². The summed E-state index contributed by atoms with van der Waals surface area (Å²) in [5, 5.41) is 3.37. The number of benzene rings is 2. The summed E-state index contributed by atoms with van der Waals surface area (Å²) in [6, 6.07) is 17.6. The highest BCUT2D eigenvalue weighted by Gasteiger charge is 2.30. The minimum atomic E-state index is 0.0302. The molecule has 2 aliphatic rings. The molecule has 5 nitrogen and oxygen atoms in total. The van der Waals surface area contributed by atoms with Crippen LogP contribution in [0, 0.1) is 6.92 Å². The van der Waals surface area contributed by atoms with E-state index in [-0.39, 0.29) is 12.1 Å². The third kappa shape index (κ3) is 5.28. The lowest BCUT2D eigenvalue weighted by molar-refractivity contribution is -0.128. The molecule has 166 valence electrons. The predicted octanol–water partition coefficient (Wildman–Crippen LogP) is 3.59. The lowest BCUT2D eigenvalue weighted by Gasteiger charge is -2.36. The zero-order valence-electron chi connectivity index (χ0n) is 19.0. The van der Waals surface area contributed by atoms with Crippen LogP contribution in [0.3, 0.4) is 0 Å². The number of carbonyl (C=O) groups is 1. The van der Waals surface area contributed by atoms with Crippen LogP contribution in [-0.4, -0.2) is 61.5 Å². The van der Waals surface area contributed by atoms with E-state index in [1.54, 1.807) is 0 Å². The molecule has 31 heavy (non-hydrogen) atoms. The average Bonchev–Trinajstić information content (AvgIpc) is 3.17. The van der Waals surface area contributed by atoms with Crippen LogP contribution in [0.5, 0.6) is 0 Å². The molecule has 0 radical (unpaired) electrons. The first-order valence-corrected chi connectivity index (χ1v) is 11.8. The summed E-state index contributed by atoms with van der Waals surface area (Å²) in [4.78, 5) is 19.3. The second kappa shape index (κ2) is 10.3. The van der Waals surface area contributed by atoms with Crippen molar-refractivity contribution >= 4 is 11.6 Å². The third-order valence-electron chi connectivity index (χ3n) is 6.67. The van der Waals surface area contributed by atoms with E-state index in [2.05, 4.69) is 77.5 Å². The lowest BCUT2D eigenvalue weighted by Crippen LogP contribution is -2.47. The molecular weight excluding hydrogens is 384 g/mol. The molecule has 1 atom stereocenters. The van der Waals surface area contributed by atoms with Gasteiger partial charge < -0.3 is 9.80 Å². The molecule has 2 aliphatic heterocycles. The van der Waals surface area contributed by atoms with Crippen molar-refractivity contribution in [1.29, 1.82) is 0 Å². The van der Waals surface area contributed by atoms with Crippen LogP contribution in [0.2, 0.25) is 0 Å². The van der Waals surface area contributed by atoms with Crippen LogP contribution in [0.25, 0.3) is 0 Å². The van der Waals surface area contributed by atoms with Crippen molar-refractivity contribution in [2.24, 2.45) is 0 Å². The zero-order chi connectivity index (χ0) is 21.6. The Balaban J connectivity index is 1.26. The molecule has 1 amide bonds. The number of para-hydroxylation sites is 1. The molecule has 2 aromatic rings. The van der Waals surface area contributed by atoms with Gasteiger partial charge in [0.25, 0.3) is 0 Å². The number of anilines is 1. The van der Waals surface area contributed by atoms with Crippen LogP contribution >= 0.6 is 0 Å². The Morgan fingerprint density at radius 1 is 0.968 bits per heavy atom. The van der Waals surface area contributed by atoms with Gasteiger partial charge in [-0.25, -0.2) is 0 Å². The molecule has 5 heteroatoms. The Kier molecular flexibility index (Phi) is 7.25. The van der Waals surface area contributed by atoms with Gasteiger partial charge in [0.15, 0.2) is 0 Å². The van der Waals surface area contributed by atoms with Crippen LogP contribution in [0.1, 0.15) is 42.6 Å². The Morgan fingerprint density at radius 3 is 2.42 bits per heavy atom. The van der Waals surface area contributed by atoms with Crippen molar-refractivity contribution in [2.45, 2.75) is 39.3 Å². The molecule has 2 saturated heterocycles. The first kappa shape index (κ1) is 21.8. The van der Waals surface area contributed by atoms with Gasteiger partial charge >= 0.3 is 0 Å². The monoisotopic (exact) mass is 420 g/mol. The number of carbonyl (C=O) groups excluding carboxylic acids is 1. The summed E-state index contributed by atoms with van der Waals surface area (Å²) in [5.74, 6) is 0.215. The van der Waals surface area contributed by atoms with Crippen molar-refractivity contribution in [1.82, 2.24) is 15.1 Å². The standard InChI is InChI=1S/C26H36N4O/c1-3-4-14-30-25(31)20-27-26(30)23-11-9-22(10-12-23)13-15-28-16-18-29(19-17-28)24-8-6-5-7-21(24)2/h5-12,26-27H,3-4,13-20H2,1-2H3. The first-order valence-electron chi connectivity index (χ1n) is 11.8. The van der Waals surface area contributed by atoms with Gasteiger partial charge in [-0.2, -0.15) is 0 Å². The van der Waals surface area contributed by atoms with E-state index < -0.39 is 0 Å². The normalized spacial score (nSPS) is 19.9. The number of unbranched alkanes of at least 4 members (excludes halogenated alkanes) is 1. The zero-order valence-corrected chi connectivity index (χ0v) is 19.0. The minimum Gasteiger partial charge on any atom is -0.369 e. The van der Waals surface area contributed by atoms with Gasteiger partial charge in [0.05, 0.1) is 6.54 Å². The van der Waals surface area contributed by atoms with Gasteiger partial charge in [-0.15, -0.1) is 0 Å². The van der Waals surface area contributed by atoms with E-state index in [4.69, 9.17) is 0 Å². The smallest absolute Gasteiger partial charge is 0.238 e. The summed E-state index contributed by atoms with van der Waals surface area (Å²) in [7, 11) is 0. The fraction of sp³-hybridized carbons (Fsp3) is 0.500. The van der Waals surface area contributed by atoms with Crippen molar-refractivity contribution < 1.29 is 4.79 Å². The highest BCUT2D eigenvalue weighted by Crippen LogP contribution is 2.24. The molecule has 2 aromatic carbocycles. The predicted molar refractivity (Wildman–Crippen MR) is 127 cm³/mol. The molecule has 2 fully saturated rings. The van der Waals surface area contributed by atoms with Crippen LogP contribution in [-0.2, 0) is 11.2 Å². The molecule has 0 aliphatic carbocycles. The Morgan fingerprint density at radius 2 is 1.71 bits per heavy atom. The minimum absolute atomic E-state index is 0.0302. The number of aryl methyl sites for hydroxylation is 1. The molecular formula is C26H36N4O. The summed E-state index contributed by atoms with van der Waals surface area (Å²) in [6.45, 7) is 11.2. The third-order valence-corrected chi connectivity index (χ3v) is 6.67. The maximum absolute atomic E-state index is 12.2. The Hall–Kier alpha value is -2.37. The van der Waals surface area contributed by atoms with E-state index in [1.165, 1.54) is 22.4 Å². The molecule has 0 bridgehead atoms. The maximum atomic E-state index is 12.2. The molecule has 0 saturated carbocycles. The van der Waals surface area contributed by atoms with Crippen LogP contribution < -0.4 is 10.2 Å². The number of rotatable bonds is 8. The quantitative estimate of drug-likeness (QED) is 0.708. The number of nitrogens with one attached hydrogen (secondary N) is 1. The van der Waals surface area contributed by atoms with E-state index in [0.29, 0.717) is 6.54 Å². The van der Waals surface area contributed by atoms with Crippen molar-refractivity contribution in [3.63, 3.8) is 0 Å². The molecule has 1 N–H and O–H groups in total. The van der Waals surface area contributed by atoms with Crippen LogP contribution in [0.15, 0.2) is 48.5 Å². The van der Waals surface area contributed by atoms with Crippen LogP contribution in [0.4, 0.5) is 5.69 Å². The second-order valence-corrected chi connectivity index (χ2v) is 8.83. The van der Waals surface area contributed by atoms with Crippen molar-refractivity contribution in [2.75, 3.05) is 50.7 Å². The SMILES string of the molecule is CCCCN1C(=O)CNC1c1ccc(CCN2CCN(c3ccccc3C)CC2)cc1. The van der Waals surface area contributed by atoms with Gasteiger partial charge in [-0.1, -0.05) is 55.8 Å². The van der Waals surface area contributed by atoms with Gasteiger partial charge in [0, 0.05) is 45.0 Å². The molecule has 0 aromatic heterocycles. The highest BCUT2D eigenvalue weighted by molar-refractivity contribution is 5.80. The number of nitrogens with zero attached hydrogens (tertiary/aromatic N) is 3. The van der Waals surface area contributed by atoms with Gasteiger partial charge in [0.1, 0.15) is 6.17 Å². The summed E-state index contributed by atoms with van der Waals surface area (Å²) in [5.41, 5.74) is 5.31. The average molecular weight is 421 g/mol. The number of hydrogen-bond donors (Lipinski definition) is 1. The Labute approximate surface area is 187 Å². The first-order chi connectivity index (χ1) is 15.2. The number of amides is 1. The Bertz CT molecular complexity index is 858. The van der Waals surface area contributed by atoms with Crippen molar-refractivity contribution in [3.05, 3.63) is 65.2 Å². The van der Waals surface area contributed by atoms with E-state index >= 15 is 0 Å². The molecule has 4 rings (SSSR count). The molecule has 2 heterocycles. The molecule has 0 spiro atoms. The number of hydrogen-bond acceptors (Lipinski definition) is 4. The maximum Gasteiger partial charge on any atom is 0.238 e. The fourth-order valence-electron chi connectivity index (χ4n) is 4.70. The summed E-state index contributed by atoms with van der Waals surface area (Å²) >= 11 is 0. The highest BCUT2D eigenvalue weighted by atomic mass is 16.2. The fourth-order valence-corrected chi connectivity index (χ4v) is 4.70. The van der Waals surface area contributed by atoms with Gasteiger partial charge in [-0.05, 0) is 42.5 Å². The largest absolute Gasteiger partial charge is 0.369 e. The van der Waals surface area contributed by atoms with Gasteiger partial charge in [-0.3, -0.25) is 15.0 Å². The molecule has 1 unspecified atom stereocenters. The second-order valence-electron chi connectivity index (χ2n) is 8.83. The summed E-state index contributed by atoms with van der Waals surface area (Å²) in [6.07, 6.45) is 3.26. The van der Waals surface area contributed by atoms with E-state index in [1.807, 2.05) is 4.90 Å². The lowest BCUT2D eigenvalue weighted by atomic mass is 10.1. The topological polar surface area (TPSA) is 38.8 Å². The van der Waals surface area contributed by atoms with Gasteiger partial charge in [0.2, 0.25) is 5.91 Å². The number of piperazine rings is 1. The van der Waals surface area contributed by atoms with Crippen molar-refractivity contribution in [3.8, 4) is 0 Å². The van der Waals surface area contributed by atoms with E-state index in [9.17, 15) is 4.79 Å².